The van der Waals surface area contributed by atoms with Crippen molar-refractivity contribution in [3.05, 3.63) is 36.4 Å². The number of nitrogens with one attached hydrogen (secondary N) is 1. The molecule has 0 unspecified atom stereocenters. The SMILES string of the molecule is Nc1ccc(-c2cc(NCCO)ccc2N)c(N)c1. The van der Waals surface area contributed by atoms with Gasteiger partial charge in [-0.15, -0.1) is 0 Å². The number of aliphatic hydroxyl groups excluding tert-OH is 1. The fraction of sp³-hybridized carbons (Fsp3) is 0.143. The maximum absolute atomic E-state index is 8.82. The Balaban J connectivity index is 2.42. The molecule has 0 spiro atoms. The summed E-state index contributed by atoms with van der Waals surface area (Å²) in [5.41, 5.74) is 22.1. The first-order chi connectivity index (χ1) is 9.11. The van der Waals surface area contributed by atoms with Crippen molar-refractivity contribution in [3.8, 4) is 11.1 Å². The highest BCUT2D eigenvalue weighted by Crippen LogP contribution is 2.33. The fourth-order valence-corrected chi connectivity index (χ4v) is 1.93. The summed E-state index contributed by atoms with van der Waals surface area (Å²) in [6.45, 7) is 0.560. The summed E-state index contributed by atoms with van der Waals surface area (Å²) < 4.78 is 0. The summed E-state index contributed by atoms with van der Waals surface area (Å²) >= 11 is 0. The van der Waals surface area contributed by atoms with E-state index in [1.54, 1.807) is 12.1 Å². The largest absolute Gasteiger partial charge is 0.399 e. The van der Waals surface area contributed by atoms with Crippen molar-refractivity contribution in [3.63, 3.8) is 0 Å². The first kappa shape index (κ1) is 13.0. The molecule has 2 rings (SSSR count). The molecule has 5 nitrogen and oxygen atoms in total. The third-order valence-corrected chi connectivity index (χ3v) is 2.86. The van der Waals surface area contributed by atoms with Gasteiger partial charge in [-0.1, -0.05) is 6.07 Å². The van der Waals surface area contributed by atoms with Crippen LogP contribution in [0.2, 0.25) is 0 Å². The Morgan fingerprint density at radius 3 is 2.37 bits per heavy atom. The highest BCUT2D eigenvalue weighted by atomic mass is 16.3. The van der Waals surface area contributed by atoms with Crippen LogP contribution >= 0.6 is 0 Å². The van der Waals surface area contributed by atoms with Crippen LogP contribution in [-0.4, -0.2) is 18.3 Å². The lowest BCUT2D eigenvalue weighted by Crippen LogP contribution is -2.06. The molecule has 2 aromatic carbocycles. The van der Waals surface area contributed by atoms with E-state index >= 15 is 0 Å². The average Bonchev–Trinajstić information content (AvgIpc) is 2.38. The number of benzene rings is 2. The third kappa shape index (κ3) is 2.89. The molecule has 2 aromatic rings. The van der Waals surface area contributed by atoms with Crippen LogP contribution in [0.3, 0.4) is 0 Å². The second-order valence-corrected chi connectivity index (χ2v) is 4.30. The molecule has 0 aliphatic carbocycles. The van der Waals surface area contributed by atoms with E-state index < -0.39 is 0 Å². The standard InChI is InChI=1S/C14H18N4O/c15-9-1-3-11(14(17)7-9)12-8-10(18-5-6-19)2-4-13(12)16/h1-4,7-8,18-19H,5-6,15-17H2. The van der Waals surface area contributed by atoms with Gasteiger partial charge in [-0.3, -0.25) is 0 Å². The van der Waals surface area contributed by atoms with E-state index in [1.165, 1.54) is 0 Å². The first-order valence-corrected chi connectivity index (χ1v) is 6.01. The van der Waals surface area contributed by atoms with E-state index in [1.807, 2.05) is 24.3 Å². The van der Waals surface area contributed by atoms with Gasteiger partial charge in [0.2, 0.25) is 0 Å². The lowest BCUT2D eigenvalue weighted by molar-refractivity contribution is 0.311. The van der Waals surface area contributed by atoms with Crippen LogP contribution in [0.1, 0.15) is 0 Å². The van der Waals surface area contributed by atoms with Crippen LogP contribution in [0.25, 0.3) is 11.1 Å². The van der Waals surface area contributed by atoms with E-state index in [0.717, 1.165) is 16.8 Å². The molecule has 0 radical (unpaired) electrons. The predicted octanol–water partition coefficient (Wildman–Crippen LogP) is 1.50. The summed E-state index contributed by atoms with van der Waals surface area (Å²) in [5.74, 6) is 0. The number of hydrogen-bond acceptors (Lipinski definition) is 5. The van der Waals surface area contributed by atoms with Crippen LogP contribution in [0, 0.1) is 0 Å². The number of nitrogen functional groups attached to an aromatic ring is 3. The van der Waals surface area contributed by atoms with Gasteiger partial charge in [0.1, 0.15) is 0 Å². The Bertz CT molecular complexity index is 584. The molecule has 0 atom stereocenters. The quantitative estimate of drug-likeness (QED) is 0.534. The van der Waals surface area contributed by atoms with Crippen molar-refractivity contribution < 1.29 is 5.11 Å². The topological polar surface area (TPSA) is 110 Å². The number of hydrogen-bond donors (Lipinski definition) is 5. The van der Waals surface area contributed by atoms with Crippen molar-refractivity contribution in [2.75, 3.05) is 35.7 Å². The maximum Gasteiger partial charge on any atom is 0.0604 e. The molecule has 0 aliphatic rings. The van der Waals surface area contributed by atoms with Gasteiger partial charge < -0.3 is 27.6 Å². The zero-order valence-corrected chi connectivity index (χ0v) is 10.6. The highest BCUT2D eigenvalue weighted by molar-refractivity contribution is 5.87. The Kier molecular flexibility index (Phi) is 3.77. The molecule has 100 valence electrons. The minimum absolute atomic E-state index is 0.0731. The van der Waals surface area contributed by atoms with Crippen molar-refractivity contribution in [1.29, 1.82) is 0 Å². The van der Waals surface area contributed by atoms with E-state index in [0.29, 0.717) is 23.6 Å². The molecule has 5 heteroatoms. The Hall–Kier alpha value is -2.40. The van der Waals surface area contributed by atoms with Crippen molar-refractivity contribution in [2.24, 2.45) is 0 Å². The van der Waals surface area contributed by atoms with Crippen LogP contribution in [0.5, 0.6) is 0 Å². The predicted molar refractivity (Wildman–Crippen MR) is 80.7 cm³/mol. The zero-order valence-electron chi connectivity index (χ0n) is 10.6. The van der Waals surface area contributed by atoms with Crippen LogP contribution in [0.15, 0.2) is 36.4 Å². The van der Waals surface area contributed by atoms with Gasteiger partial charge in [-0.05, 0) is 30.3 Å². The Labute approximate surface area is 112 Å². The maximum atomic E-state index is 8.82. The summed E-state index contributed by atoms with van der Waals surface area (Å²) in [4.78, 5) is 0. The van der Waals surface area contributed by atoms with Crippen LogP contribution in [0.4, 0.5) is 22.7 Å². The Morgan fingerprint density at radius 1 is 0.895 bits per heavy atom. The minimum Gasteiger partial charge on any atom is -0.399 e. The molecule has 0 amide bonds. The molecule has 0 heterocycles. The van der Waals surface area contributed by atoms with E-state index in [9.17, 15) is 0 Å². The average molecular weight is 258 g/mol. The van der Waals surface area contributed by atoms with Gasteiger partial charge in [-0.2, -0.15) is 0 Å². The number of nitrogens with two attached hydrogens (primary N) is 3. The summed E-state index contributed by atoms with van der Waals surface area (Å²) in [6.07, 6.45) is 0. The molecule has 0 fully saturated rings. The normalized spacial score (nSPS) is 10.4. The number of rotatable bonds is 4. The molecule has 0 bridgehead atoms. The van der Waals surface area contributed by atoms with Crippen molar-refractivity contribution in [2.45, 2.75) is 0 Å². The first-order valence-electron chi connectivity index (χ1n) is 6.01. The third-order valence-electron chi connectivity index (χ3n) is 2.86. The second-order valence-electron chi connectivity index (χ2n) is 4.30. The molecular weight excluding hydrogens is 240 g/mol. The van der Waals surface area contributed by atoms with Crippen LogP contribution < -0.4 is 22.5 Å². The lowest BCUT2D eigenvalue weighted by Gasteiger charge is -2.12. The van der Waals surface area contributed by atoms with E-state index in [-0.39, 0.29) is 6.61 Å². The zero-order chi connectivity index (χ0) is 13.8. The molecule has 0 aromatic heterocycles. The highest BCUT2D eigenvalue weighted by Gasteiger charge is 2.08. The molecule has 19 heavy (non-hydrogen) atoms. The number of anilines is 4. The monoisotopic (exact) mass is 258 g/mol. The van der Waals surface area contributed by atoms with Gasteiger partial charge in [0.25, 0.3) is 0 Å². The summed E-state index contributed by atoms with van der Waals surface area (Å²) in [7, 11) is 0. The lowest BCUT2D eigenvalue weighted by atomic mass is 10.0. The van der Waals surface area contributed by atoms with Crippen LogP contribution in [-0.2, 0) is 0 Å². The Morgan fingerprint density at radius 2 is 1.68 bits per heavy atom. The molecular formula is C14H18N4O. The van der Waals surface area contributed by atoms with Gasteiger partial charge in [0, 0.05) is 40.4 Å². The van der Waals surface area contributed by atoms with Gasteiger partial charge >= 0.3 is 0 Å². The molecule has 0 saturated heterocycles. The van der Waals surface area contributed by atoms with Crippen molar-refractivity contribution in [1.82, 2.24) is 0 Å². The molecule has 0 aliphatic heterocycles. The second kappa shape index (κ2) is 5.49. The molecule has 8 N–H and O–H groups in total. The molecule has 0 saturated carbocycles. The minimum atomic E-state index is 0.0731. The van der Waals surface area contributed by atoms with E-state index in [4.69, 9.17) is 22.3 Å². The smallest absolute Gasteiger partial charge is 0.0604 e. The van der Waals surface area contributed by atoms with Gasteiger partial charge in [0.15, 0.2) is 0 Å². The van der Waals surface area contributed by atoms with E-state index in [2.05, 4.69) is 5.32 Å². The summed E-state index contributed by atoms with van der Waals surface area (Å²) in [6, 6.07) is 10.9. The number of aliphatic hydroxyl groups is 1. The van der Waals surface area contributed by atoms with Gasteiger partial charge in [-0.25, -0.2) is 0 Å². The van der Waals surface area contributed by atoms with Gasteiger partial charge in [0.05, 0.1) is 6.61 Å². The summed E-state index contributed by atoms with van der Waals surface area (Å²) in [5, 5.41) is 11.9. The fourth-order valence-electron chi connectivity index (χ4n) is 1.93. The van der Waals surface area contributed by atoms with Crippen molar-refractivity contribution >= 4 is 22.7 Å².